The van der Waals surface area contributed by atoms with Crippen LogP contribution in [-0.4, -0.2) is 27.1 Å². The van der Waals surface area contributed by atoms with Gasteiger partial charge in [0.2, 0.25) is 5.91 Å². The molecule has 0 radical (unpaired) electrons. The van der Waals surface area contributed by atoms with E-state index in [-0.39, 0.29) is 11.0 Å². The number of carbonyl (C=O) groups is 1. The van der Waals surface area contributed by atoms with Crippen molar-refractivity contribution in [3.05, 3.63) is 62.7 Å². The molecule has 1 N–H and O–H groups in total. The summed E-state index contributed by atoms with van der Waals surface area (Å²) >= 11 is 0. The lowest BCUT2D eigenvalue weighted by atomic mass is 10.1. The van der Waals surface area contributed by atoms with E-state index in [1.165, 1.54) is 43.0 Å². The lowest BCUT2D eigenvalue weighted by Crippen LogP contribution is -2.42. The molecule has 0 aliphatic heterocycles. The van der Waals surface area contributed by atoms with E-state index < -0.39 is 29.5 Å². The third-order valence-corrected chi connectivity index (χ3v) is 4.39. The molecule has 0 bridgehead atoms. The molecule has 0 atom stereocenters. The molecule has 0 saturated heterocycles. The quantitative estimate of drug-likeness (QED) is 0.716. The molecular weight excluding hydrogens is 367 g/mol. The van der Waals surface area contributed by atoms with Crippen molar-refractivity contribution in [3.63, 3.8) is 0 Å². The molecule has 8 nitrogen and oxygen atoms in total. The average molecular weight is 386 g/mol. The third-order valence-electron chi connectivity index (χ3n) is 4.39. The van der Waals surface area contributed by atoms with Gasteiger partial charge >= 0.3 is 5.69 Å². The summed E-state index contributed by atoms with van der Waals surface area (Å²) < 4.78 is 20.4. The van der Waals surface area contributed by atoms with Crippen molar-refractivity contribution >= 4 is 22.6 Å². The van der Waals surface area contributed by atoms with Crippen molar-refractivity contribution in [3.8, 4) is 5.75 Å². The summed E-state index contributed by atoms with van der Waals surface area (Å²) in [5, 5.41) is 2.67. The largest absolute Gasteiger partial charge is 0.495 e. The van der Waals surface area contributed by atoms with Crippen LogP contribution < -0.4 is 21.3 Å². The van der Waals surface area contributed by atoms with Gasteiger partial charge in [0.25, 0.3) is 5.56 Å². The predicted molar refractivity (Wildman–Crippen MR) is 102 cm³/mol. The van der Waals surface area contributed by atoms with Crippen molar-refractivity contribution in [1.29, 1.82) is 0 Å². The molecule has 0 spiro atoms. The fraction of sp³-hybridized carbons (Fsp3) is 0.263. The number of methoxy groups -OCH3 is 1. The van der Waals surface area contributed by atoms with E-state index in [0.717, 1.165) is 4.57 Å². The van der Waals surface area contributed by atoms with Crippen molar-refractivity contribution < 1.29 is 13.9 Å². The second-order valence-electron chi connectivity index (χ2n) is 6.16. The molecule has 146 valence electrons. The minimum absolute atomic E-state index is 0.138. The van der Waals surface area contributed by atoms with Gasteiger partial charge in [-0.25, -0.2) is 18.7 Å². The molecule has 0 saturated carbocycles. The zero-order valence-corrected chi connectivity index (χ0v) is 15.7. The van der Waals surface area contributed by atoms with Gasteiger partial charge in [-0.1, -0.05) is 6.92 Å². The van der Waals surface area contributed by atoms with E-state index in [1.54, 1.807) is 6.20 Å². The molecule has 1 amide bonds. The highest BCUT2D eigenvalue weighted by atomic mass is 19.1. The number of pyridine rings is 1. The number of ether oxygens (including phenoxy) is 1. The normalized spacial score (nSPS) is 10.9. The van der Waals surface area contributed by atoms with Gasteiger partial charge in [-0.05, 0) is 30.7 Å². The zero-order chi connectivity index (χ0) is 20.4. The Morgan fingerprint density at radius 2 is 1.93 bits per heavy atom. The van der Waals surface area contributed by atoms with Crippen LogP contribution in [0.15, 0.2) is 40.1 Å². The molecule has 2 heterocycles. The smallest absolute Gasteiger partial charge is 0.332 e. The van der Waals surface area contributed by atoms with Crippen molar-refractivity contribution in [2.45, 2.75) is 19.9 Å². The fourth-order valence-electron chi connectivity index (χ4n) is 2.97. The lowest BCUT2D eigenvalue weighted by Gasteiger charge is -2.14. The molecule has 2 aromatic heterocycles. The number of halogens is 1. The van der Waals surface area contributed by atoms with Crippen LogP contribution in [-0.2, 0) is 24.8 Å². The number of nitrogens with zero attached hydrogens (tertiary/aromatic N) is 3. The number of nitrogens with one attached hydrogen (secondary N) is 1. The van der Waals surface area contributed by atoms with Crippen LogP contribution in [0.4, 0.5) is 10.1 Å². The Morgan fingerprint density at radius 1 is 1.25 bits per heavy atom. The van der Waals surface area contributed by atoms with Crippen LogP contribution in [0.5, 0.6) is 5.75 Å². The predicted octanol–water partition coefficient (Wildman–Crippen LogP) is 1.44. The van der Waals surface area contributed by atoms with Gasteiger partial charge in [0, 0.05) is 24.5 Å². The Kier molecular flexibility index (Phi) is 5.25. The summed E-state index contributed by atoms with van der Waals surface area (Å²) in [5.41, 5.74) is -0.0885. The molecule has 9 heteroatoms. The second kappa shape index (κ2) is 7.63. The maximum Gasteiger partial charge on any atom is 0.332 e. The Bertz CT molecular complexity index is 1170. The van der Waals surface area contributed by atoms with E-state index in [1.807, 2.05) is 6.92 Å². The summed E-state index contributed by atoms with van der Waals surface area (Å²) in [7, 11) is 2.90. The standard InChI is InChI=1S/C19H19FN4O4/c1-4-11-9-21-17-15(16(11)28-3)18(26)24(19(27)23(17)2)10-14(25)22-13-7-5-12(20)6-8-13/h5-9H,4,10H2,1-3H3,(H,22,25). The van der Waals surface area contributed by atoms with Crippen LogP contribution in [0.3, 0.4) is 0 Å². The van der Waals surface area contributed by atoms with Gasteiger partial charge in [-0.2, -0.15) is 0 Å². The van der Waals surface area contributed by atoms with Crippen LogP contribution >= 0.6 is 0 Å². The number of aryl methyl sites for hydroxylation is 2. The molecular formula is C19H19FN4O4. The van der Waals surface area contributed by atoms with Gasteiger partial charge in [0.05, 0.1) is 7.11 Å². The first-order valence-corrected chi connectivity index (χ1v) is 8.58. The number of amides is 1. The number of fused-ring (bicyclic) bond motifs is 1. The van der Waals surface area contributed by atoms with E-state index in [2.05, 4.69) is 10.3 Å². The Labute approximate surface area is 159 Å². The maximum absolute atomic E-state index is 13.0. The number of carbonyl (C=O) groups excluding carboxylic acids is 1. The number of aromatic nitrogens is 3. The molecule has 28 heavy (non-hydrogen) atoms. The summed E-state index contributed by atoms with van der Waals surface area (Å²) in [5.74, 6) is -0.700. The second-order valence-corrected chi connectivity index (χ2v) is 6.16. The minimum Gasteiger partial charge on any atom is -0.495 e. The Hall–Kier alpha value is -3.49. The number of hydrogen-bond acceptors (Lipinski definition) is 5. The Balaban J connectivity index is 2.08. The molecule has 1 aromatic carbocycles. The van der Waals surface area contributed by atoms with Crippen molar-refractivity contribution in [2.75, 3.05) is 12.4 Å². The minimum atomic E-state index is -0.675. The van der Waals surface area contributed by atoms with Gasteiger partial charge < -0.3 is 10.1 Å². The van der Waals surface area contributed by atoms with Gasteiger partial charge in [0.15, 0.2) is 5.65 Å². The number of rotatable bonds is 5. The van der Waals surface area contributed by atoms with Gasteiger partial charge in [-0.3, -0.25) is 14.2 Å². The highest BCUT2D eigenvalue weighted by molar-refractivity contribution is 5.91. The summed E-state index contributed by atoms with van der Waals surface area (Å²) in [4.78, 5) is 42.1. The SMILES string of the molecule is CCc1cnc2c(c1OC)c(=O)n(CC(=O)Nc1ccc(F)cc1)c(=O)n2C. The topological polar surface area (TPSA) is 95.2 Å². The molecule has 0 unspecified atom stereocenters. The monoisotopic (exact) mass is 386 g/mol. The molecule has 0 aliphatic carbocycles. The van der Waals surface area contributed by atoms with Gasteiger partial charge in [0.1, 0.15) is 23.5 Å². The molecule has 0 fully saturated rings. The third kappa shape index (κ3) is 3.38. The molecule has 3 rings (SSSR count). The molecule has 3 aromatic rings. The van der Waals surface area contributed by atoms with E-state index in [9.17, 15) is 18.8 Å². The zero-order valence-electron chi connectivity index (χ0n) is 15.7. The number of hydrogen-bond donors (Lipinski definition) is 1. The first-order valence-electron chi connectivity index (χ1n) is 8.58. The summed E-state index contributed by atoms with van der Waals surface area (Å²) in [6.45, 7) is 1.39. The Morgan fingerprint density at radius 3 is 2.54 bits per heavy atom. The van der Waals surface area contributed by atoms with Crippen LogP contribution in [0.25, 0.3) is 11.0 Å². The van der Waals surface area contributed by atoms with E-state index in [4.69, 9.17) is 4.74 Å². The van der Waals surface area contributed by atoms with Crippen LogP contribution in [0, 0.1) is 5.82 Å². The van der Waals surface area contributed by atoms with E-state index in [0.29, 0.717) is 23.4 Å². The average Bonchev–Trinajstić information content (AvgIpc) is 2.70. The number of benzene rings is 1. The lowest BCUT2D eigenvalue weighted by molar-refractivity contribution is -0.116. The summed E-state index contributed by atoms with van der Waals surface area (Å²) in [6, 6.07) is 5.16. The fourth-order valence-corrected chi connectivity index (χ4v) is 2.97. The first-order chi connectivity index (χ1) is 13.4. The maximum atomic E-state index is 13.0. The van der Waals surface area contributed by atoms with Crippen LogP contribution in [0.2, 0.25) is 0 Å². The summed E-state index contributed by atoms with van der Waals surface area (Å²) in [6.07, 6.45) is 2.14. The molecule has 0 aliphatic rings. The van der Waals surface area contributed by atoms with Gasteiger partial charge in [-0.15, -0.1) is 0 Å². The first kappa shape index (κ1) is 19.3. The van der Waals surface area contributed by atoms with Crippen molar-refractivity contribution in [1.82, 2.24) is 14.1 Å². The van der Waals surface area contributed by atoms with Crippen molar-refractivity contribution in [2.24, 2.45) is 7.05 Å². The van der Waals surface area contributed by atoms with Crippen LogP contribution in [0.1, 0.15) is 12.5 Å². The highest BCUT2D eigenvalue weighted by Gasteiger charge is 2.20. The van der Waals surface area contributed by atoms with E-state index >= 15 is 0 Å². The highest BCUT2D eigenvalue weighted by Crippen LogP contribution is 2.24. The number of anilines is 1.